The number of nitrogens with one attached hydrogen (secondary N) is 2. The molecule has 8 nitrogen and oxygen atoms in total. The van der Waals surface area contributed by atoms with Crippen LogP contribution in [-0.4, -0.2) is 46.2 Å². The van der Waals surface area contributed by atoms with E-state index in [1.165, 1.54) is 0 Å². The maximum atomic E-state index is 12.9. The predicted octanol–water partition coefficient (Wildman–Crippen LogP) is 3.82. The quantitative estimate of drug-likeness (QED) is 0.576. The first-order valence-corrected chi connectivity index (χ1v) is 10.4. The van der Waals surface area contributed by atoms with Gasteiger partial charge in [-0.15, -0.1) is 11.3 Å². The largest absolute Gasteiger partial charge is 0.465 e. The SMILES string of the molecule is C=Cc1csc2ccc(C(=O)Nc3cnccc3N3CCC[C@H](NC(=O)O)C3)nc12. The van der Waals surface area contributed by atoms with Gasteiger partial charge in [0.2, 0.25) is 0 Å². The average Bonchev–Trinajstić information content (AvgIpc) is 3.16. The van der Waals surface area contributed by atoms with Crippen molar-refractivity contribution in [2.45, 2.75) is 18.9 Å². The number of aromatic nitrogens is 2. The highest BCUT2D eigenvalue weighted by atomic mass is 32.1. The summed E-state index contributed by atoms with van der Waals surface area (Å²) in [6.07, 6.45) is 5.59. The first kappa shape index (κ1) is 19.8. The third kappa shape index (κ3) is 4.11. The molecular formula is C21H21N5O3S. The van der Waals surface area contributed by atoms with Crippen molar-refractivity contribution in [3.05, 3.63) is 53.8 Å². The number of piperidine rings is 1. The first-order valence-electron chi connectivity index (χ1n) is 9.55. The average molecular weight is 423 g/mol. The number of carboxylic acid groups (broad SMARTS) is 1. The van der Waals surface area contributed by atoms with E-state index in [9.17, 15) is 9.59 Å². The number of pyridine rings is 2. The van der Waals surface area contributed by atoms with E-state index >= 15 is 0 Å². The van der Waals surface area contributed by atoms with E-state index in [0.29, 0.717) is 17.9 Å². The maximum absolute atomic E-state index is 12.9. The molecular weight excluding hydrogens is 402 g/mol. The van der Waals surface area contributed by atoms with E-state index in [4.69, 9.17) is 5.11 Å². The van der Waals surface area contributed by atoms with Gasteiger partial charge in [0.05, 0.1) is 27.8 Å². The number of nitrogens with zero attached hydrogens (tertiary/aromatic N) is 3. The minimum absolute atomic E-state index is 0.159. The Labute approximate surface area is 177 Å². The molecule has 0 spiro atoms. The Hall–Kier alpha value is -3.46. The smallest absolute Gasteiger partial charge is 0.404 e. The topological polar surface area (TPSA) is 107 Å². The minimum Gasteiger partial charge on any atom is -0.465 e. The molecule has 0 saturated carbocycles. The fraction of sp³-hybridized carbons (Fsp3) is 0.238. The number of amides is 2. The summed E-state index contributed by atoms with van der Waals surface area (Å²) in [5.74, 6) is -0.329. The lowest BCUT2D eigenvalue weighted by Gasteiger charge is -2.35. The van der Waals surface area contributed by atoms with Crippen molar-refractivity contribution in [1.29, 1.82) is 0 Å². The Balaban J connectivity index is 1.56. The third-order valence-electron chi connectivity index (χ3n) is 5.03. The van der Waals surface area contributed by atoms with Crippen LogP contribution in [0.4, 0.5) is 16.2 Å². The summed E-state index contributed by atoms with van der Waals surface area (Å²) in [7, 11) is 0. The molecule has 1 aliphatic rings. The minimum atomic E-state index is -1.03. The molecule has 0 bridgehead atoms. The fourth-order valence-electron chi connectivity index (χ4n) is 3.64. The highest BCUT2D eigenvalue weighted by molar-refractivity contribution is 7.17. The van der Waals surface area contributed by atoms with Crippen molar-refractivity contribution >= 4 is 51.0 Å². The molecule has 1 aliphatic heterocycles. The van der Waals surface area contributed by atoms with Gasteiger partial charge in [0.15, 0.2) is 0 Å². The second-order valence-electron chi connectivity index (χ2n) is 7.02. The van der Waals surface area contributed by atoms with Crippen LogP contribution in [0.1, 0.15) is 28.9 Å². The molecule has 30 heavy (non-hydrogen) atoms. The number of hydrogen-bond acceptors (Lipinski definition) is 6. The maximum Gasteiger partial charge on any atom is 0.404 e. The Morgan fingerprint density at radius 2 is 2.20 bits per heavy atom. The monoisotopic (exact) mass is 423 g/mol. The van der Waals surface area contributed by atoms with Crippen LogP contribution in [0.15, 0.2) is 42.6 Å². The van der Waals surface area contributed by atoms with Crippen molar-refractivity contribution in [1.82, 2.24) is 15.3 Å². The lowest BCUT2D eigenvalue weighted by molar-refractivity contribution is 0.102. The van der Waals surface area contributed by atoms with Gasteiger partial charge in [-0.1, -0.05) is 12.7 Å². The number of anilines is 2. The van der Waals surface area contributed by atoms with Crippen molar-refractivity contribution in [3.63, 3.8) is 0 Å². The van der Waals surface area contributed by atoms with Crippen LogP contribution in [0.5, 0.6) is 0 Å². The van der Waals surface area contributed by atoms with Gasteiger partial charge in [-0.05, 0) is 31.0 Å². The molecule has 0 aliphatic carbocycles. The van der Waals surface area contributed by atoms with Gasteiger partial charge in [-0.2, -0.15) is 0 Å². The van der Waals surface area contributed by atoms with Crippen molar-refractivity contribution in [2.24, 2.45) is 0 Å². The molecule has 0 radical (unpaired) electrons. The Bertz CT molecular complexity index is 1110. The Morgan fingerprint density at radius 3 is 3.00 bits per heavy atom. The highest BCUT2D eigenvalue weighted by Gasteiger charge is 2.24. The van der Waals surface area contributed by atoms with Gasteiger partial charge < -0.3 is 20.6 Å². The molecule has 9 heteroatoms. The zero-order chi connectivity index (χ0) is 21.1. The summed E-state index contributed by atoms with van der Waals surface area (Å²) in [6.45, 7) is 5.09. The molecule has 3 aromatic heterocycles. The standard InChI is InChI=1S/C21H21N5O3S/c1-2-13-12-30-18-6-5-15(24-19(13)18)20(27)25-16-10-22-8-7-17(16)26-9-3-4-14(11-26)23-21(28)29/h2,5-8,10,12,14,23H,1,3-4,9,11H2,(H,25,27)(H,28,29)/t14-/m0/s1. The highest BCUT2D eigenvalue weighted by Crippen LogP contribution is 2.29. The molecule has 2 amide bonds. The van der Waals surface area contributed by atoms with Gasteiger partial charge in [0.25, 0.3) is 5.91 Å². The molecule has 4 heterocycles. The fourth-order valence-corrected chi connectivity index (χ4v) is 4.52. The van der Waals surface area contributed by atoms with Crippen molar-refractivity contribution in [2.75, 3.05) is 23.3 Å². The summed E-state index contributed by atoms with van der Waals surface area (Å²) >= 11 is 1.56. The number of fused-ring (bicyclic) bond motifs is 1. The van der Waals surface area contributed by atoms with Crippen LogP contribution in [0.2, 0.25) is 0 Å². The zero-order valence-corrected chi connectivity index (χ0v) is 17.0. The number of carbonyl (C=O) groups excluding carboxylic acids is 1. The number of rotatable bonds is 5. The predicted molar refractivity (Wildman–Crippen MR) is 118 cm³/mol. The number of thiophene rings is 1. The zero-order valence-electron chi connectivity index (χ0n) is 16.2. The summed E-state index contributed by atoms with van der Waals surface area (Å²) in [4.78, 5) is 34.6. The molecule has 4 rings (SSSR count). The van der Waals surface area contributed by atoms with Crippen molar-refractivity contribution < 1.29 is 14.7 Å². The van der Waals surface area contributed by atoms with Crippen LogP contribution < -0.4 is 15.5 Å². The summed E-state index contributed by atoms with van der Waals surface area (Å²) in [6, 6.07) is 5.24. The van der Waals surface area contributed by atoms with Gasteiger partial charge in [0, 0.05) is 36.3 Å². The van der Waals surface area contributed by atoms with Crippen molar-refractivity contribution in [3.8, 4) is 0 Å². The van der Waals surface area contributed by atoms with E-state index in [-0.39, 0.29) is 11.9 Å². The summed E-state index contributed by atoms with van der Waals surface area (Å²) < 4.78 is 0.994. The third-order valence-corrected chi connectivity index (χ3v) is 5.99. The molecule has 3 N–H and O–H groups in total. The second-order valence-corrected chi connectivity index (χ2v) is 7.93. The number of carbonyl (C=O) groups is 2. The van der Waals surface area contributed by atoms with Crippen LogP contribution in [0.25, 0.3) is 16.3 Å². The lowest BCUT2D eigenvalue weighted by Crippen LogP contribution is -2.47. The molecule has 0 unspecified atom stereocenters. The van der Waals surface area contributed by atoms with Crippen LogP contribution in [-0.2, 0) is 0 Å². The Morgan fingerprint density at radius 1 is 1.33 bits per heavy atom. The molecule has 154 valence electrons. The van der Waals surface area contributed by atoms with E-state index in [2.05, 4.69) is 32.1 Å². The molecule has 0 aromatic carbocycles. The first-order chi connectivity index (χ1) is 14.5. The Kier molecular flexibility index (Phi) is 5.62. The van der Waals surface area contributed by atoms with Gasteiger partial charge in [-0.3, -0.25) is 9.78 Å². The molecule has 3 aromatic rings. The van der Waals surface area contributed by atoms with Gasteiger partial charge >= 0.3 is 6.09 Å². The lowest BCUT2D eigenvalue weighted by atomic mass is 10.0. The van der Waals surface area contributed by atoms with E-state index in [1.807, 2.05) is 17.5 Å². The summed E-state index contributed by atoms with van der Waals surface area (Å²) in [5, 5.41) is 16.4. The van der Waals surface area contributed by atoms with Gasteiger partial charge in [-0.25, -0.2) is 9.78 Å². The van der Waals surface area contributed by atoms with Crippen LogP contribution in [0.3, 0.4) is 0 Å². The van der Waals surface area contributed by atoms with E-state index < -0.39 is 6.09 Å². The number of hydrogen-bond donors (Lipinski definition) is 3. The molecule has 1 fully saturated rings. The van der Waals surface area contributed by atoms with Gasteiger partial charge in [0.1, 0.15) is 5.69 Å². The normalized spacial score (nSPS) is 16.3. The molecule has 1 saturated heterocycles. The summed E-state index contributed by atoms with van der Waals surface area (Å²) in [5.41, 5.74) is 3.33. The van der Waals surface area contributed by atoms with Crippen LogP contribution in [0, 0.1) is 0 Å². The van der Waals surface area contributed by atoms with E-state index in [0.717, 1.165) is 40.9 Å². The second kappa shape index (κ2) is 8.50. The van der Waals surface area contributed by atoms with Crippen LogP contribution >= 0.6 is 11.3 Å². The molecule has 1 atom stereocenters. The van der Waals surface area contributed by atoms with E-state index in [1.54, 1.807) is 35.9 Å².